The van der Waals surface area contributed by atoms with E-state index in [0.29, 0.717) is 0 Å². The largest absolute Gasteiger partial charge is 0.392 e. The number of nitrogens with zero attached hydrogens (tertiary/aromatic N) is 1. The van der Waals surface area contributed by atoms with Gasteiger partial charge in [-0.3, -0.25) is 0 Å². The molecule has 1 unspecified atom stereocenters. The van der Waals surface area contributed by atoms with Gasteiger partial charge in [-0.05, 0) is 30.4 Å². The first-order chi connectivity index (χ1) is 8.99. The molecule has 0 aromatic heterocycles. The molecule has 1 aromatic carbocycles. The SMILES string of the molecule is CCc1cccc(CC)c1N1CCC(O)C(C)(C)C1. The van der Waals surface area contributed by atoms with Crippen LogP contribution in [0.5, 0.6) is 0 Å². The van der Waals surface area contributed by atoms with E-state index in [9.17, 15) is 5.11 Å². The van der Waals surface area contributed by atoms with Crippen molar-refractivity contribution in [3.05, 3.63) is 29.3 Å². The highest BCUT2D eigenvalue weighted by molar-refractivity contribution is 5.60. The Morgan fingerprint density at radius 2 is 1.79 bits per heavy atom. The van der Waals surface area contributed by atoms with Crippen molar-refractivity contribution < 1.29 is 5.11 Å². The van der Waals surface area contributed by atoms with Gasteiger partial charge in [-0.25, -0.2) is 0 Å². The zero-order valence-electron chi connectivity index (χ0n) is 12.7. The lowest BCUT2D eigenvalue weighted by Gasteiger charge is -2.44. The lowest BCUT2D eigenvalue weighted by atomic mass is 9.80. The number of aryl methyl sites for hydroxylation is 2. The zero-order valence-corrected chi connectivity index (χ0v) is 12.7. The van der Waals surface area contributed by atoms with Crippen molar-refractivity contribution in [1.82, 2.24) is 0 Å². The first kappa shape index (κ1) is 14.4. The maximum absolute atomic E-state index is 10.1. The van der Waals surface area contributed by atoms with Crippen LogP contribution in [0.2, 0.25) is 0 Å². The topological polar surface area (TPSA) is 23.5 Å². The molecule has 1 aromatic rings. The molecule has 1 N–H and O–H groups in total. The molecule has 0 aliphatic carbocycles. The number of aliphatic hydroxyl groups excluding tert-OH is 1. The van der Waals surface area contributed by atoms with Crippen LogP contribution in [0.25, 0.3) is 0 Å². The van der Waals surface area contributed by atoms with Crippen LogP contribution < -0.4 is 4.90 Å². The summed E-state index contributed by atoms with van der Waals surface area (Å²) in [5, 5.41) is 10.1. The second-order valence-electron chi connectivity index (χ2n) is 6.35. The monoisotopic (exact) mass is 261 g/mol. The van der Waals surface area contributed by atoms with Gasteiger partial charge in [-0.2, -0.15) is 0 Å². The van der Waals surface area contributed by atoms with E-state index in [2.05, 4.69) is 50.8 Å². The Kier molecular flexibility index (Phi) is 4.19. The highest BCUT2D eigenvalue weighted by Gasteiger charge is 2.35. The molecule has 1 aliphatic rings. The van der Waals surface area contributed by atoms with Gasteiger partial charge >= 0.3 is 0 Å². The predicted molar refractivity (Wildman–Crippen MR) is 81.8 cm³/mol. The number of anilines is 1. The number of aliphatic hydroxyl groups is 1. The summed E-state index contributed by atoms with van der Waals surface area (Å²) in [5.74, 6) is 0. The molecule has 0 saturated carbocycles. The lowest BCUT2D eigenvalue weighted by molar-refractivity contribution is 0.0335. The van der Waals surface area contributed by atoms with Gasteiger partial charge in [0.25, 0.3) is 0 Å². The quantitative estimate of drug-likeness (QED) is 0.901. The Morgan fingerprint density at radius 1 is 1.21 bits per heavy atom. The van der Waals surface area contributed by atoms with Crippen LogP contribution in [0.4, 0.5) is 5.69 Å². The fourth-order valence-corrected chi connectivity index (χ4v) is 3.16. The van der Waals surface area contributed by atoms with Gasteiger partial charge in [0.2, 0.25) is 0 Å². The van der Waals surface area contributed by atoms with E-state index in [1.807, 2.05) is 0 Å². The Labute approximate surface area is 117 Å². The van der Waals surface area contributed by atoms with Gasteiger partial charge in [0.15, 0.2) is 0 Å². The summed E-state index contributed by atoms with van der Waals surface area (Å²) in [6, 6.07) is 6.66. The van der Waals surface area contributed by atoms with Crippen LogP contribution in [-0.4, -0.2) is 24.3 Å². The third kappa shape index (κ3) is 2.79. The smallest absolute Gasteiger partial charge is 0.0624 e. The van der Waals surface area contributed by atoms with Crippen LogP contribution in [0.1, 0.15) is 45.2 Å². The maximum atomic E-state index is 10.1. The molecule has 1 fully saturated rings. The molecule has 1 atom stereocenters. The Bertz CT molecular complexity index is 417. The van der Waals surface area contributed by atoms with Gasteiger partial charge in [-0.1, -0.05) is 45.9 Å². The zero-order chi connectivity index (χ0) is 14.0. The molecule has 2 nitrogen and oxygen atoms in total. The van der Waals surface area contributed by atoms with Gasteiger partial charge in [-0.15, -0.1) is 0 Å². The van der Waals surface area contributed by atoms with Crippen LogP contribution >= 0.6 is 0 Å². The fraction of sp³-hybridized carbons (Fsp3) is 0.647. The molecular weight excluding hydrogens is 234 g/mol. The first-order valence-corrected chi connectivity index (χ1v) is 7.53. The summed E-state index contributed by atoms with van der Waals surface area (Å²) in [4.78, 5) is 2.49. The summed E-state index contributed by atoms with van der Waals surface area (Å²) < 4.78 is 0. The third-order valence-corrected chi connectivity index (χ3v) is 4.45. The summed E-state index contributed by atoms with van der Waals surface area (Å²) in [6.45, 7) is 10.7. The lowest BCUT2D eigenvalue weighted by Crippen LogP contribution is -2.49. The standard InChI is InChI=1S/C17H27NO/c1-5-13-8-7-9-14(6-2)16(13)18-11-10-15(19)17(3,4)12-18/h7-9,15,19H,5-6,10-12H2,1-4H3. The molecule has 1 saturated heterocycles. The van der Waals surface area contributed by atoms with Crippen molar-refractivity contribution in [3.8, 4) is 0 Å². The third-order valence-electron chi connectivity index (χ3n) is 4.45. The molecule has 0 radical (unpaired) electrons. The number of hydrogen-bond donors (Lipinski definition) is 1. The average Bonchev–Trinajstić information content (AvgIpc) is 2.40. The second kappa shape index (κ2) is 5.54. The van der Waals surface area contributed by atoms with Crippen molar-refractivity contribution in [2.24, 2.45) is 5.41 Å². The summed E-state index contributed by atoms with van der Waals surface area (Å²) in [5.41, 5.74) is 4.27. The molecule has 19 heavy (non-hydrogen) atoms. The number of rotatable bonds is 3. The van der Waals surface area contributed by atoms with Crippen molar-refractivity contribution >= 4 is 5.69 Å². The van der Waals surface area contributed by atoms with E-state index in [1.165, 1.54) is 16.8 Å². The first-order valence-electron chi connectivity index (χ1n) is 7.53. The molecule has 1 aliphatic heterocycles. The highest BCUT2D eigenvalue weighted by atomic mass is 16.3. The van der Waals surface area contributed by atoms with Crippen LogP contribution in [0, 0.1) is 5.41 Å². The average molecular weight is 261 g/mol. The fourth-order valence-electron chi connectivity index (χ4n) is 3.16. The highest BCUT2D eigenvalue weighted by Crippen LogP contribution is 2.35. The van der Waals surface area contributed by atoms with Crippen molar-refractivity contribution in [2.45, 2.75) is 53.1 Å². The maximum Gasteiger partial charge on any atom is 0.0624 e. The Hall–Kier alpha value is -1.02. The molecule has 2 rings (SSSR count). The van der Waals surface area contributed by atoms with Crippen LogP contribution in [0.15, 0.2) is 18.2 Å². The molecular formula is C17H27NO. The van der Waals surface area contributed by atoms with Gasteiger partial charge in [0, 0.05) is 24.2 Å². The molecule has 0 amide bonds. The summed E-state index contributed by atoms with van der Waals surface area (Å²) >= 11 is 0. The van der Waals surface area contributed by atoms with Gasteiger partial charge in [0.05, 0.1) is 6.10 Å². The van der Waals surface area contributed by atoms with Gasteiger partial charge in [0.1, 0.15) is 0 Å². The minimum Gasteiger partial charge on any atom is -0.392 e. The molecule has 0 spiro atoms. The van der Waals surface area contributed by atoms with E-state index in [4.69, 9.17) is 0 Å². The van der Waals surface area contributed by atoms with E-state index < -0.39 is 0 Å². The van der Waals surface area contributed by atoms with Crippen LogP contribution in [0.3, 0.4) is 0 Å². The van der Waals surface area contributed by atoms with Crippen molar-refractivity contribution in [2.75, 3.05) is 18.0 Å². The minimum atomic E-state index is -0.178. The molecule has 106 valence electrons. The Morgan fingerprint density at radius 3 is 2.26 bits per heavy atom. The molecule has 2 heteroatoms. The van der Waals surface area contributed by atoms with E-state index in [-0.39, 0.29) is 11.5 Å². The minimum absolute atomic E-state index is 0.0237. The number of para-hydroxylation sites is 1. The van der Waals surface area contributed by atoms with E-state index >= 15 is 0 Å². The van der Waals surface area contributed by atoms with E-state index in [0.717, 1.165) is 32.4 Å². The van der Waals surface area contributed by atoms with Crippen LogP contribution in [-0.2, 0) is 12.8 Å². The molecule has 0 bridgehead atoms. The van der Waals surface area contributed by atoms with E-state index in [1.54, 1.807) is 0 Å². The Balaban J connectivity index is 2.36. The van der Waals surface area contributed by atoms with Crippen molar-refractivity contribution in [3.63, 3.8) is 0 Å². The number of benzene rings is 1. The molecule has 1 heterocycles. The number of hydrogen-bond acceptors (Lipinski definition) is 2. The number of piperidine rings is 1. The normalized spacial score (nSPS) is 22.6. The predicted octanol–water partition coefficient (Wildman–Crippen LogP) is 3.41. The summed E-state index contributed by atoms with van der Waals surface area (Å²) in [7, 11) is 0. The van der Waals surface area contributed by atoms with Crippen molar-refractivity contribution in [1.29, 1.82) is 0 Å². The summed E-state index contributed by atoms with van der Waals surface area (Å²) in [6.07, 6.45) is 2.84. The van der Waals surface area contributed by atoms with Gasteiger partial charge < -0.3 is 10.0 Å². The second-order valence-corrected chi connectivity index (χ2v) is 6.35.